The van der Waals surface area contributed by atoms with Crippen LogP contribution in [0, 0.1) is 6.33 Å². The molecule has 0 fully saturated rings. The Morgan fingerprint density at radius 2 is 2.13 bits per heavy atom. The minimum Gasteiger partial charge on any atom is -0.317 e. The monoisotopic (exact) mass is 218 g/mol. The zero-order chi connectivity index (χ0) is 10.3. The average molecular weight is 219 g/mol. The Morgan fingerprint density at radius 1 is 1.27 bits per heavy atom. The van der Waals surface area contributed by atoms with Gasteiger partial charge in [0.05, 0.1) is 5.02 Å². The molecule has 3 rings (SSSR count). The number of benzene rings is 1. The molecule has 2 aromatic heterocycles. The third-order valence-electron chi connectivity index (χ3n) is 2.00. The standard InChI is InChI=1S/C9H5ClN5/c10-6-3-1-2-4-7(6)15-13-8-9(14-15)12-5-11-8/h1-4H,(H,11,12,13,14). The van der Waals surface area contributed by atoms with E-state index in [1.165, 1.54) is 4.80 Å². The van der Waals surface area contributed by atoms with Gasteiger partial charge in [-0.1, -0.05) is 23.7 Å². The number of hydrogen-bond acceptors (Lipinski definition) is 3. The SMILES string of the molecule is Clc1ccccc1-n1nc2n[c][nH]c2n1. The van der Waals surface area contributed by atoms with Crippen LogP contribution in [0.4, 0.5) is 0 Å². The fraction of sp³-hybridized carbons (Fsp3) is 0. The van der Waals surface area contributed by atoms with Gasteiger partial charge in [-0.05, 0) is 12.1 Å². The van der Waals surface area contributed by atoms with Crippen LogP contribution in [-0.4, -0.2) is 25.0 Å². The number of aromatic amines is 1. The van der Waals surface area contributed by atoms with E-state index in [9.17, 15) is 0 Å². The predicted molar refractivity (Wildman–Crippen MR) is 54.9 cm³/mol. The molecule has 0 aliphatic carbocycles. The summed E-state index contributed by atoms with van der Waals surface area (Å²) in [5.41, 5.74) is 1.84. The molecule has 2 heterocycles. The highest BCUT2D eigenvalue weighted by atomic mass is 35.5. The Kier molecular flexibility index (Phi) is 1.72. The Hall–Kier alpha value is -1.88. The third kappa shape index (κ3) is 1.28. The van der Waals surface area contributed by atoms with E-state index in [-0.39, 0.29) is 0 Å². The number of nitrogens with one attached hydrogen (secondary N) is 1. The highest BCUT2D eigenvalue weighted by Gasteiger charge is 2.08. The van der Waals surface area contributed by atoms with Crippen molar-refractivity contribution in [3.8, 4) is 5.69 Å². The van der Waals surface area contributed by atoms with Crippen molar-refractivity contribution in [2.45, 2.75) is 0 Å². The molecule has 0 saturated carbocycles. The third-order valence-corrected chi connectivity index (χ3v) is 2.32. The molecule has 0 atom stereocenters. The summed E-state index contributed by atoms with van der Waals surface area (Å²) in [5.74, 6) is 0. The van der Waals surface area contributed by atoms with Crippen LogP contribution >= 0.6 is 11.6 Å². The molecule has 73 valence electrons. The molecule has 0 aliphatic heterocycles. The van der Waals surface area contributed by atoms with Crippen LogP contribution in [-0.2, 0) is 0 Å². The van der Waals surface area contributed by atoms with Crippen molar-refractivity contribution in [2.24, 2.45) is 0 Å². The molecule has 3 aromatic rings. The highest BCUT2D eigenvalue weighted by Crippen LogP contribution is 2.18. The largest absolute Gasteiger partial charge is 0.317 e. The quantitative estimate of drug-likeness (QED) is 0.675. The van der Waals surface area contributed by atoms with Crippen LogP contribution < -0.4 is 0 Å². The molecule has 0 amide bonds. The van der Waals surface area contributed by atoms with Crippen LogP contribution in [0.15, 0.2) is 24.3 Å². The average Bonchev–Trinajstić information content (AvgIpc) is 2.77. The Morgan fingerprint density at radius 3 is 2.93 bits per heavy atom. The van der Waals surface area contributed by atoms with E-state index in [4.69, 9.17) is 11.6 Å². The Bertz CT molecular complexity index is 583. The molecular formula is C9H5ClN5. The molecule has 0 saturated heterocycles. The van der Waals surface area contributed by atoms with Crippen LogP contribution in [0.2, 0.25) is 5.02 Å². The van der Waals surface area contributed by atoms with Gasteiger partial charge in [0.25, 0.3) is 0 Å². The molecule has 1 N–H and O–H groups in total. The molecule has 0 unspecified atom stereocenters. The molecule has 1 radical (unpaired) electrons. The minimum atomic E-state index is 0.523. The maximum Gasteiger partial charge on any atom is 0.221 e. The maximum atomic E-state index is 6.01. The van der Waals surface area contributed by atoms with Crippen molar-refractivity contribution in [3.05, 3.63) is 35.6 Å². The van der Waals surface area contributed by atoms with E-state index >= 15 is 0 Å². The van der Waals surface area contributed by atoms with Gasteiger partial charge in [-0.2, -0.15) is 0 Å². The fourth-order valence-corrected chi connectivity index (χ4v) is 1.52. The second-order valence-corrected chi connectivity index (χ2v) is 3.37. The molecule has 0 aliphatic rings. The molecule has 6 heteroatoms. The van der Waals surface area contributed by atoms with Crippen LogP contribution in [0.5, 0.6) is 0 Å². The Labute approximate surface area is 89.7 Å². The highest BCUT2D eigenvalue weighted by molar-refractivity contribution is 6.32. The second kappa shape index (κ2) is 3.06. The summed E-state index contributed by atoms with van der Waals surface area (Å²) in [6.45, 7) is 0. The number of para-hydroxylation sites is 1. The van der Waals surface area contributed by atoms with E-state index in [0.29, 0.717) is 16.3 Å². The number of aromatic nitrogens is 5. The summed E-state index contributed by atoms with van der Waals surface area (Å²) in [4.78, 5) is 8.08. The van der Waals surface area contributed by atoms with Crippen molar-refractivity contribution < 1.29 is 0 Å². The lowest BCUT2D eigenvalue weighted by Crippen LogP contribution is -1.99. The van der Waals surface area contributed by atoms with Crippen molar-refractivity contribution in [1.29, 1.82) is 0 Å². The van der Waals surface area contributed by atoms with Gasteiger partial charge >= 0.3 is 0 Å². The van der Waals surface area contributed by atoms with Gasteiger partial charge < -0.3 is 4.98 Å². The van der Waals surface area contributed by atoms with Crippen LogP contribution in [0.25, 0.3) is 17.0 Å². The number of halogens is 1. The van der Waals surface area contributed by atoms with Gasteiger partial charge in [0.1, 0.15) is 5.69 Å². The first-order chi connectivity index (χ1) is 7.34. The number of imidazole rings is 1. The maximum absolute atomic E-state index is 6.01. The van der Waals surface area contributed by atoms with Gasteiger partial charge in [0.15, 0.2) is 6.33 Å². The minimum absolute atomic E-state index is 0.523. The lowest BCUT2D eigenvalue weighted by Gasteiger charge is -2.00. The summed E-state index contributed by atoms with van der Waals surface area (Å²) in [6, 6.07) is 7.35. The molecule has 5 nitrogen and oxygen atoms in total. The molecule has 0 spiro atoms. The molecule has 1 aromatic carbocycles. The smallest absolute Gasteiger partial charge is 0.221 e. The van der Waals surface area contributed by atoms with Crippen molar-refractivity contribution in [1.82, 2.24) is 25.0 Å². The number of rotatable bonds is 1. The van der Waals surface area contributed by atoms with E-state index in [2.05, 4.69) is 26.5 Å². The topological polar surface area (TPSA) is 59.4 Å². The fourth-order valence-electron chi connectivity index (χ4n) is 1.31. The number of hydrogen-bond donors (Lipinski definition) is 1. The zero-order valence-corrected chi connectivity index (χ0v) is 8.23. The van der Waals surface area contributed by atoms with Gasteiger partial charge in [-0.3, -0.25) is 0 Å². The molecule has 15 heavy (non-hydrogen) atoms. The predicted octanol–water partition coefficient (Wildman–Crippen LogP) is 1.60. The van der Waals surface area contributed by atoms with E-state index in [0.717, 1.165) is 5.69 Å². The zero-order valence-electron chi connectivity index (χ0n) is 7.48. The van der Waals surface area contributed by atoms with E-state index in [1.807, 2.05) is 18.2 Å². The molecule has 0 bridgehead atoms. The van der Waals surface area contributed by atoms with Gasteiger partial charge in [-0.25, -0.2) is 4.98 Å². The lowest BCUT2D eigenvalue weighted by molar-refractivity contribution is 0.758. The van der Waals surface area contributed by atoms with E-state index in [1.54, 1.807) is 6.07 Å². The summed E-state index contributed by atoms with van der Waals surface area (Å²) in [7, 11) is 0. The van der Waals surface area contributed by atoms with Gasteiger partial charge in [-0.15, -0.1) is 15.0 Å². The van der Waals surface area contributed by atoms with Gasteiger partial charge in [0, 0.05) is 0 Å². The summed E-state index contributed by atoms with van der Waals surface area (Å²) >= 11 is 6.01. The Balaban J connectivity index is 2.22. The molecular weight excluding hydrogens is 214 g/mol. The first-order valence-electron chi connectivity index (χ1n) is 4.28. The summed E-state index contributed by atoms with van der Waals surface area (Å²) in [6.07, 6.45) is 2.56. The summed E-state index contributed by atoms with van der Waals surface area (Å²) < 4.78 is 0. The number of nitrogens with zero attached hydrogens (tertiary/aromatic N) is 4. The first-order valence-corrected chi connectivity index (χ1v) is 4.66. The normalized spacial score (nSPS) is 11.0. The first kappa shape index (κ1) is 8.43. The van der Waals surface area contributed by atoms with Gasteiger partial charge in [0.2, 0.25) is 11.3 Å². The lowest BCUT2D eigenvalue weighted by atomic mass is 10.3. The number of H-pyrrole nitrogens is 1. The number of fused-ring (bicyclic) bond motifs is 1. The van der Waals surface area contributed by atoms with Crippen molar-refractivity contribution >= 4 is 22.9 Å². The van der Waals surface area contributed by atoms with E-state index < -0.39 is 0 Å². The van der Waals surface area contributed by atoms with Crippen LogP contribution in [0.3, 0.4) is 0 Å². The van der Waals surface area contributed by atoms with Crippen LogP contribution in [0.1, 0.15) is 0 Å². The van der Waals surface area contributed by atoms with Crippen molar-refractivity contribution in [2.75, 3.05) is 0 Å². The second-order valence-electron chi connectivity index (χ2n) is 2.96. The van der Waals surface area contributed by atoms with Crippen molar-refractivity contribution in [3.63, 3.8) is 0 Å². The summed E-state index contributed by atoms with van der Waals surface area (Å²) in [5, 5.41) is 8.92.